The molecule has 1 aliphatic heterocycles. The van der Waals surface area contributed by atoms with Gasteiger partial charge in [-0.3, -0.25) is 0 Å². The summed E-state index contributed by atoms with van der Waals surface area (Å²) in [6.45, 7) is 4.02. The molecule has 4 nitrogen and oxygen atoms in total. The van der Waals surface area contributed by atoms with Gasteiger partial charge in [-0.05, 0) is 49.1 Å². The fourth-order valence-corrected chi connectivity index (χ4v) is 2.65. The molecule has 1 saturated heterocycles. The van der Waals surface area contributed by atoms with Crippen LogP contribution in [-0.4, -0.2) is 37.4 Å². The van der Waals surface area contributed by atoms with Crippen LogP contribution in [0.1, 0.15) is 24.0 Å². The molecule has 1 heterocycles. The van der Waals surface area contributed by atoms with Crippen LogP contribution in [0.4, 0.5) is 5.69 Å². The van der Waals surface area contributed by atoms with E-state index < -0.39 is 5.97 Å². The van der Waals surface area contributed by atoms with Crippen molar-refractivity contribution in [3.05, 3.63) is 35.4 Å². The molecule has 1 aromatic carbocycles. The largest absolute Gasteiger partial charge is 0.478 e. The first-order chi connectivity index (χ1) is 9.60. The SMILES string of the molecule is COC1CCCN(c2ccc(/C=C/C(=O)O)cc2C)C1. The van der Waals surface area contributed by atoms with Gasteiger partial charge in [-0.1, -0.05) is 6.07 Å². The quantitative estimate of drug-likeness (QED) is 0.858. The molecule has 1 atom stereocenters. The van der Waals surface area contributed by atoms with Crippen LogP contribution in [-0.2, 0) is 9.53 Å². The first-order valence-corrected chi connectivity index (χ1v) is 6.89. The van der Waals surface area contributed by atoms with Crippen LogP contribution in [0, 0.1) is 6.92 Å². The van der Waals surface area contributed by atoms with Crippen LogP contribution >= 0.6 is 0 Å². The second-order valence-electron chi connectivity index (χ2n) is 5.16. The molecule has 1 aliphatic rings. The Morgan fingerprint density at radius 3 is 2.95 bits per heavy atom. The minimum Gasteiger partial charge on any atom is -0.478 e. The third-order valence-corrected chi connectivity index (χ3v) is 3.69. The van der Waals surface area contributed by atoms with E-state index in [1.165, 1.54) is 5.69 Å². The number of benzene rings is 1. The molecular weight excluding hydrogens is 254 g/mol. The van der Waals surface area contributed by atoms with Gasteiger partial charge < -0.3 is 14.7 Å². The molecule has 0 aromatic heterocycles. The van der Waals surface area contributed by atoms with Gasteiger partial charge >= 0.3 is 5.97 Å². The molecule has 0 spiro atoms. The third-order valence-electron chi connectivity index (χ3n) is 3.69. The fraction of sp³-hybridized carbons (Fsp3) is 0.438. The Bertz CT molecular complexity index is 510. The van der Waals surface area contributed by atoms with Gasteiger partial charge in [0.2, 0.25) is 0 Å². The van der Waals surface area contributed by atoms with E-state index in [0.29, 0.717) is 6.10 Å². The number of hydrogen-bond acceptors (Lipinski definition) is 3. The van der Waals surface area contributed by atoms with E-state index >= 15 is 0 Å². The maximum absolute atomic E-state index is 10.5. The average Bonchev–Trinajstić information content (AvgIpc) is 2.45. The Kier molecular flexibility index (Phi) is 4.79. The first-order valence-electron chi connectivity index (χ1n) is 6.89. The van der Waals surface area contributed by atoms with E-state index in [4.69, 9.17) is 9.84 Å². The summed E-state index contributed by atoms with van der Waals surface area (Å²) in [5, 5.41) is 8.65. The minimum atomic E-state index is -0.925. The number of aliphatic carboxylic acids is 1. The molecule has 0 aliphatic carbocycles. The number of piperidine rings is 1. The van der Waals surface area contributed by atoms with Crippen LogP contribution in [0.5, 0.6) is 0 Å². The highest BCUT2D eigenvalue weighted by Crippen LogP contribution is 2.25. The lowest BCUT2D eigenvalue weighted by Gasteiger charge is -2.34. The van der Waals surface area contributed by atoms with Gasteiger partial charge in [-0.2, -0.15) is 0 Å². The van der Waals surface area contributed by atoms with Gasteiger partial charge in [0.05, 0.1) is 6.10 Å². The van der Waals surface area contributed by atoms with Crippen LogP contribution in [0.15, 0.2) is 24.3 Å². The number of methoxy groups -OCH3 is 1. The molecule has 1 unspecified atom stereocenters. The molecule has 4 heteroatoms. The average molecular weight is 275 g/mol. The summed E-state index contributed by atoms with van der Waals surface area (Å²) in [5.74, 6) is -0.925. The Morgan fingerprint density at radius 1 is 1.50 bits per heavy atom. The molecule has 1 fully saturated rings. The topological polar surface area (TPSA) is 49.8 Å². The summed E-state index contributed by atoms with van der Waals surface area (Å²) < 4.78 is 5.45. The van der Waals surface area contributed by atoms with Crippen molar-refractivity contribution < 1.29 is 14.6 Å². The molecule has 20 heavy (non-hydrogen) atoms. The molecule has 0 bridgehead atoms. The van der Waals surface area contributed by atoms with Crippen molar-refractivity contribution in [2.75, 3.05) is 25.1 Å². The van der Waals surface area contributed by atoms with Crippen molar-refractivity contribution in [3.63, 3.8) is 0 Å². The molecule has 108 valence electrons. The van der Waals surface area contributed by atoms with E-state index in [2.05, 4.69) is 17.9 Å². The molecule has 1 N–H and O–H groups in total. The Balaban J connectivity index is 2.15. The minimum absolute atomic E-state index is 0.301. The van der Waals surface area contributed by atoms with Gasteiger partial charge in [0.1, 0.15) is 0 Å². The van der Waals surface area contributed by atoms with Crippen molar-refractivity contribution in [2.45, 2.75) is 25.9 Å². The zero-order chi connectivity index (χ0) is 14.5. The van der Waals surface area contributed by atoms with E-state index in [-0.39, 0.29) is 0 Å². The second-order valence-corrected chi connectivity index (χ2v) is 5.16. The second kappa shape index (κ2) is 6.57. The smallest absolute Gasteiger partial charge is 0.328 e. The Hall–Kier alpha value is -1.81. The Morgan fingerprint density at radius 2 is 2.30 bits per heavy atom. The van der Waals surface area contributed by atoms with E-state index in [1.807, 2.05) is 12.1 Å². The van der Waals surface area contributed by atoms with Crippen LogP contribution < -0.4 is 4.90 Å². The van der Waals surface area contributed by atoms with Crippen LogP contribution in [0.25, 0.3) is 6.08 Å². The van der Waals surface area contributed by atoms with Crippen molar-refractivity contribution in [3.8, 4) is 0 Å². The maximum atomic E-state index is 10.5. The normalized spacial score (nSPS) is 19.5. The van der Waals surface area contributed by atoms with Gasteiger partial charge in [0.25, 0.3) is 0 Å². The highest BCUT2D eigenvalue weighted by molar-refractivity contribution is 5.85. The highest BCUT2D eigenvalue weighted by atomic mass is 16.5. The van der Waals surface area contributed by atoms with Crippen LogP contribution in [0.3, 0.4) is 0 Å². The summed E-state index contributed by atoms with van der Waals surface area (Å²) in [6.07, 6.45) is 5.34. The molecule has 1 aromatic rings. The molecule has 2 rings (SSSR count). The lowest BCUT2D eigenvalue weighted by atomic mass is 10.0. The van der Waals surface area contributed by atoms with Gasteiger partial charge in [0.15, 0.2) is 0 Å². The van der Waals surface area contributed by atoms with E-state index in [9.17, 15) is 4.79 Å². The summed E-state index contributed by atoms with van der Waals surface area (Å²) in [5.41, 5.74) is 3.28. The zero-order valence-corrected chi connectivity index (χ0v) is 12.0. The summed E-state index contributed by atoms with van der Waals surface area (Å²) in [4.78, 5) is 12.9. The van der Waals surface area contributed by atoms with Crippen molar-refractivity contribution in [2.24, 2.45) is 0 Å². The van der Waals surface area contributed by atoms with Gasteiger partial charge in [0, 0.05) is 32.0 Å². The fourth-order valence-electron chi connectivity index (χ4n) is 2.65. The molecule has 0 amide bonds. The number of carbonyl (C=O) groups is 1. The van der Waals surface area contributed by atoms with E-state index in [1.54, 1.807) is 13.2 Å². The number of aryl methyl sites for hydroxylation is 1. The summed E-state index contributed by atoms with van der Waals surface area (Å²) in [7, 11) is 1.76. The number of hydrogen-bond donors (Lipinski definition) is 1. The van der Waals surface area contributed by atoms with Gasteiger partial charge in [-0.15, -0.1) is 0 Å². The number of carboxylic acids is 1. The summed E-state index contributed by atoms with van der Waals surface area (Å²) >= 11 is 0. The number of rotatable bonds is 4. The lowest BCUT2D eigenvalue weighted by Crippen LogP contribution is -2.39. The number of carboxylic acid groups (broad SMARTS) is 1. The number of nitrogens with zero attached hydrogens (tertiary/aromatic N) is 1. The van der Waals surface area contributed by atoms with Crippen molar-refractivity contribution >= 4 is 17.7 Å². The number of anilines is 1. The standard InChI is InChI=1S/C16H21NO3/c1-12-10-13(6-8-16(18)19)5-7-15(12)17-9-3-4-14(11-17)20-2/h5-8,10,14H,3-4,9,11H2,1-2H3,(H,18,19)/b8-6+. The van der Waals surface area contributed by atoms with Crippen LogP contribution in [0.2, 0.25) is 0 Å². The predicted octanol–water partition coefficient (Wildman–Crippen LogP) is 2.71. The zero-order valence-electron chi connectivity index (χ0n) is 12.0. The number of ether oxygens (including phenoxy) is 1. The van der Waals surface area contributed by atoms with Gasteiger partial charge in [-0.25, -0.2) is 4.79 Å². The molecular formula is C16H21NO3. The van der Waals surface area contributed by atoms with Crippen molar-refractivity contribution in [1.82, 2.24) is 0 Å². The van der Waals surface area contributed by atoms with Crippen molar-refractivity contribution in [1.29, 1.82) is 0 Å². The molecule has 0 radical (unpaired) electrons. The maximum Gasteiger partial charge on any atom is 0.328 e. The Labute approximate surface area is 119 Å². The summed E-state index contributed by atoms with van der Waals surface area (Å²) in [6, 6.07) is 6.04. The first kappa shape index (κ1) is 14.6. The van der Waals surface area contributed by atoms with E-state index in [0.717, 1.165) is 43.1 Å². The third kappa shape index (κ3) is 3.61. The lowest BCUT2D eigenvalue weighted by molar-refractivity contribution is -0.131. The molecule has 0 saturated carbocycles. The monoisotopic (exact) mass is 275 g/mol. The highest BCUT2D eigenvalue weighted by Gasteiger charge is 2.20. The predicted molar refractivity (Wildman–Crippen MR) is 80.1 cm³/mol.